The molecule has 0 radical (unpaired) electrons. The molecule has 0 aromatic carbocycles. The second-order valence-corrected chi connectivity index (χ2v) is 4.37. The number of aliphatic hydroxyl groups is 1. The molecule has 2 aromatic rings. The van der Waals surface area contributed by atoms with Crippen LogP contribution in [-0.2, 0) is 13.2 Å². The molecule has 0 fully saturated rings. The minimum absolute atomic E-state index is 0.0790. The van der Waals surface area contributed by atoms with Crippen LogP contribution in [0.2, 0.25) is 4.34 Å². The van der Waals surface area contributed by atoms with Crippen molar-refractivity contribution in [2.75, 3.05) is 0 Å². The number of aromatic nitrogens is 3. The van der Waals surface area contributed by atoms with Crippen molar-refractivity contribution in [1.82, 2.24) is 15.0 Å². The molecule has 2 heterocycles. The molecule has 6 heteroatoms. The number of hydrogen-bond donors (Lipinski definition) is 1. The summed E-state index contributed by atoms with van der Waals surface area (Å²) in [6, 6.07) is 1.90. The van der Waals surface area contributed by atoms with Crippen molar-refractivity contribution < 1.29 is 5.11 Å². The summed E-state index contributed by atoms with van der Waals surface area (Å²) in [6.07, 6.45) is 1.71. The van der Waals surface area contributed by atoms with Crippen molar-refractivity contribution in [2.45, 2.75) is 13.2 Å². The zero-order valence-corrected chi connectivity index (χ0v) is 8.79. The van der Waals surface area contributed by atoms with Crippen molar-refractivity contribution in [2.24, 2.45) is 0 Å². The average molecular weight is 230 g/mol. The average Bonchev–Trinajstić information content (AvgIpc) is 2.76. The van der Waals surface area contributed by atoms with E-state index in [4.69, 9.17) is 16.7 Å². The third-order valence-electron chi connectivity index (χ3n) is 1.71. The van der Waals surface area contributed by atoms with Crippen LogP contribution in [0, 0.1) is 0 Å². The Labute approximate surface area is 89.8 Å². The molecule has 0 aliphatic carbocycles. The van der Waals surface area contributed by atoms with Gasteiger partial charge in [0.25, 0.3) is 0 Å². The van der Waals surface area contributed by atoms with Gasteiger partial charge in [0.2, 0.25) is 0 Å². The molecule has 14 heavy (non-hydrogen) atoms. The highest BCUT2D eigenvalue weighted by molar-refractivity contribution is 7.14. The maximum atomic E-state index is 8.79. The Bertz CT molecular complexity index is 426. The van der Waals surface area contributed by atoms with E-state index < -0.39 is 0 Å². The molecule has 0 amide bonds. The van der Waals surface area contributed by atoms with E-state index in [0.29, 0.717) is 12.2 Å². The van der Waals surface area contributed by atoms with Gasteiger partial charge in [0.15, 0.2) is 0 Å². The summed E-state index contributed by atoms with van der Waals surface area (Å²) in [7, 11) is 0. The Morgan fingerprint density at radius 3 is 3.00 bits per heavy atom. The lowest BCUT2D eigenvalue weighted by Crippen LogP contribution is -1.98. The van der Waals surface area contributed by atoms with E-state index in [-0.39, 0.29) is 6.61 Å². The normalized spacial score (nSPS) is 10.7. The molecule has 0 unspecified atom stereocenters. The zero-order valence-electron chi connectivity index (χ0n) is 7.22. The molecular formula is C8H8ClN3OS. The predicted octanol–water partition coefficient (Wildman–Crippen LogP) is 1.53. The van der Waals surface area contributed by atoms with Crippen LogP contribution in [0.5, 0.6) is 0 Å². The number of thiophene rings is 1. The first-order chi connectivity index (χ1) is 6.78. The summed E-state index contributed by atoms with van der Waals surface area (Å²) < 4.78 is 2.44. The standard InChI is InChI=1S/C8H8ClN3OS/c9-8-1-6(5-14-8)2-12-3-7(4-13)10-11-12/h1,3,5,13H,2,4H2. The van der Waals surface area contributed by atoms with E-state index in [9.17, 15) is 0 Å². The van der Waals surface area contributed by atoms with Crippen LogP contribution in [0.1, 0.15) is 11.3 Å². The molecule has 4 nitrogen and oxygen atoms in total. The largest absolute Gasteiger partial charge is 0.390 e. The van der Waals surface area contributed by atoms with Crippen LogP contribution in [-0.4, -0.2) is 20.1 Å². The minimum Gasteiger partial charge on any atom is -0.390 e. The van der Waals surface area contributed by atoms with E-state index in [0.717, 1.165) is 9.90 Å². The molecule has 0 saturated carbocycles. The molecule has 0 aliphatic rings. The Balaban J connectivity index is 2.10. The molecule has 2 aromatic heterocycles. The quantitative estimate of drug-likeness (QED) is 0.869. The van der Waals surface area contributed by atoms with E-state index in [1.165, 1.54) is 11.3 Å². The Morgan fingerprint density at radius 1 is 1.57 bits per heavy atom. The van der Waals surface area contributed by atoms with Gasteiger partial charge in [-0.3, -0.25) is 0 Å². The molecule has 0 saturated heterocycles. The second kappa shape index (κ2) is 4.08. The maximum Gasteiger partial charge on any atom is 0.108 e. The van der Waals surface area contributed by atoms with Gasteiger partial charge in [0.1, 0.15) is 5.69 Å². The smallest absolute Gasteiger partial charge is 0.108 e. The van der Waals surface area contributed by atoms with Crippen LogP contribution < -0.4 is 0 Å². The van der Waals surface area contributed by atoms with Crippen LogP contribution >= 0.6 is 22.9 Å². The monoisotopic (exact) mass is 229 g/mol. The number of aliphatic hydroxyl groups excluding tert-OH is 1. The van der Waals surface area contributed by atoms with Crippen molar-refractivity contribution in [3.8, 4) is 0 Å². The lowest BCUT2D eigenvalue weighted by Gasteiger charge is -1.94. The van der Waals surface area contributed by atoms with Gasteiger partial charge in [-0.25, -0.2) is 4.68 Å². The van der Waals surface area contributed by atoms with Gasteiger partial charge in [-0.05, 0) is 17.0 Å². The summed E-state index contributed by atoms with van der Waals surface area (Å²) in [6.45, 7) is 0.556. The number of rotatable bonds is 3. The minimum atomic E-state index is -0.0790. The fourth-order valence-corrected chi connectivity index (χ4v) is 2.00. The van der Waals surface area contributed by atoms with Crippen LogP contribution in [0.15, 0.2) is 17.6 Å². The Hall–Kier alpha value is -0.910. The van der Waals surface area contributed by atoms with E-state index in [1.54, 1.807) is 10.9 Å². The molecule has 1 N–H and O–H groups in total. The SMILES string of the molecule is OCc1cn(Cc2csc(Cl)c2)nn1. The number of nitrogens with zero attached hydrogens (tertiary/aromatic N) is 3. The van der Waals surface area contributed by atoms with Crippen molar-refractivity contribution in [1.29, 1.82) is 0 Å². The first kappa shape index (κ1) is 9.64. The fraction of sp³-hybridized carbons (Fsp3) is 0.250. The summed E-state index contributed by atoms with van der Waals surface area (Å²) in [4.78, 5) is 0. The van der Waals surface area contributed by atoms with Crippen LogP contribution in [0.25, 0.3) is 0 Å². The third-order valence-corrected chi connectivity index (χ3v) is 2.85. The highest BCUT2D eigenvalue weighted by Gasteiger charge is 2.01. The molecule has 0 atom stereocenters. The second-order valence-electron chi connectivity index (χ2n) is 2.82. The first-order valence-corrected chi connectivity index (χ1v) is 5.26. The summed E-state index contributed by atoms with van der Waals surface area (Å²) in [5.41, 5.74) is 1.67. The molecule has 74 valence electrons. The lowest BCUT2D eigenvalue weighted by molar-refractivity contribution is 0.276. The number of halogens is 1. The predicted molar refractivity (Wildman–Crippen MR) is 54.4 cm³/mol. The number of hydrogen-bond acceptors (Lipinski definition) is 4. The lowest BCUT2D eigenvalue weighted by atomic mass is 10.3. The van der Waals surface area contributed by atoms with Crippen molar-refractivity contribution in [3.05, 3.63) is 33.2 Å². The van der Waals surface area contributed by atoms with Crippen molar-refractivity contribution in [3.63, 3.8) is 0 Å². The summed E-state index contributed by atoms with van der Waals surface area (Å²) >= 11 is 7.28. The van der Waals surface area contributed by atoms with E-state index in [2.05, 4.69) is 10.3 Å². The van der Waals surface area contributed by atoms with Gasteiger partial charge in [-0.1, -0.05) is 16.8 Å². The third kappa shape index (κ3) is 2.12. The van der Waals surface area contributed by atoms with Gasteiger partial charge in [-0.2, -0.15) is 0 Å². The topological polar surface area (TPSA) is 50.9 Å². The maximum absolute atomic E-state index is 8.79. The molecule has 0 spiro atoms. The molecule has 0 aliphatic heterocycles. The van der Waals surface area contributed by atoms with Gasteiger partial charge in [-0.15, -0.1) is 16.4 Å². The van der Waals surface area contributed by atoms with Gasteiger partial charge in [0, 0.05) is 0 Å². The van der Waals surface area contributed by atoms with Crippen LogP contribution in [0.4, 0.5) is 0 Å². The van der Waals surface area contributed by atoms with Crippen molar-refractivity contribution >= 4 is 22.9 Å². The molecule has 2 rings (SSSR count). The van der Waals surface area contributed by atoms with Gasteiger partial charge >= 0.3 is 0 Å². The zero-order chi connectivity index (χ0) is 9.97. The summed E-state index contributed by atoms with van der Waals surface area (Å²) in [5, 5.41) is 18.4. The van der Waals surface area contributed by atoms with E-state index in [1.807, 2.05) is 11.4 Å². The Morgan fingerprint density at radius 2 is 2.43 bits per heavy atom. The fourth-order valence-electron chi connectivity index (χ4n) is 1.10. The van der Waals surface area contributed by atoms with E-state index >= 15 is 0 Å². The molecule has 0 bridgehead atoms. The Kier molecular flexibility index (Phi) is 2.81. The first-order valence-electron chi connectivity index (χ1n) is 4.00. The van der Waals surface area contributed by atoms with Crippen LogP contribution in [0.3, 0.4) is 0 Å². The van der Waals surface area contributed by atoms with Gasteiger partial charge < -0.3 is 5.11 Å². The highest BCUT2D eigenvalue weighted by atomic mass is 35.5. The summed E-state index contributed by atoms with van der Waals surface area (Å²) in [5.74, 6) is 0. The highest BCUT2D eigenvalue weighted by Crippen LogP contribution is 2.20. The van der Waals surface area contributed by atoms with Gasteiger partial charge in [0.05, 0.1) is 23.7 Å². The molecular weight excluding hydrogens is 222 g/mol.